The Morgan fingerprint density at radius 2 is 2.00 bits per heavy atom. The molecule has 3 nitrogen and oxygen atoms in total. The van der Waals surface area contributed by atoms with Gasteiger partial charge >= 0.3 is 0 Å². The summed E-state index contributed by atoms with van der Waals surface area (Å²) >= 11 is 9.51. The van der Waals surface area contributed by atoms with E-state index in [0.29, 0.717) is 23.8 Å². The predicted octanol–water partition coefficient (Wildman–Crippen LogP) is 4.37. The summed E-state index contributed by atoms with van der Waals surface area (Å²) in [5.41, 5.74) is 0. The third-order valence-corrected chi connectivity index (χ3v) is 4.30. The Labute approximate surface area is 140 Å². The van der Waals surface area contributed by atoms with Crippen LogP contribution < -0.4 is 4.74 Å². The van der Waals surface area contributed by atoms with Crippen LogP contribution in [0.3, 0.4) is 0 Å². The number of nitrogens with zero attached hydrogens (tertiary/aromatic N) is 1. The van der Waals surface area contributed by atoms with Gasteiger partial charge in [-0.3, -0.25) is 4.90 Å². The Morgan fingerprint density at radius 1 is 1.29 bits per heavy atom. The van der Waals surface area contributed by atoms with Gasteiger partial charge in [-0.15, -0.1) is 0 Å². The molecule has 1 aliphatic rings. The number of hydrogen-bond acceptors (Lipinski definition) is 3. The van der Waals surface area contributed by atoms with Gasteiger partial charge in [-0.2, -0.15) is 0 Å². The summed E-state index contributed by atoms with van der Waals surface area (Å²) in [4.78, 5) is 2.48. The summed E-state index contributed by atoms with van der Waals surface area (Å²) < 4.78 is 12.4. The highest BCUT2D eigenvalue weighted by molar-refractivity contribution is 9.10. The molecule has 1 aliphatic heterocycles. The van der Waals surface area contributed by atoms with E-state index in [4.69, 9.17) is 21.1 Å². The average Bonchev–Trinajstić information content (AvgIpc) is 2.39. The first-order valence-corrected chi connectivity index (χ1v) is 8.67. The molecular formula is C16H23BrClNO2. The van der Waals surface area contributed by atoms with Crippen LogP contribution >= 0.6 is 27.5 Å². The first-order chi connectivity index (χ1) is 10.0. The first-order valence-electron chi connectivity index (χ1n) is 7.50. The van der Waals surface area contributed by atoms with Gasteiger partial charge in [0, 0.05) is 17.6 Å². The molecular weight excluding hydrogens is 354 g/mol. The van der Waals surface area contributed by atoms with Crippen molar-refractivity contribution in [1.29, 1.82) is 0 Å². The second-order valence-corrected chi connectivity index (χ2v) is 6.97. The van der Waals surface area contributed by atoms with Crippen molar-refractivity contribution in [2.24, 2.45) is 0 Å². The molecule has 2 atom stereocenters. The number of ether oxygens (including phenoxy) is 2. The molecule has 0 aromatic heterocycles. The van der Waals surface area contributed by atoms with Gasteiger partial charge in [0.2, 0.25) is 0 Å². The van der Waals surface area contributed by atoms with Gasteiger partial charge in [-0.25, -0.2) is 0 Å². The predicted molar refractivity (Wildman–Crippen MR) is 90.3 cm³/mol. The Balaban J connectivity index is 1.63. The Hall–Kier alpha value is -0.290. The van der Waals surface area contributed by atoms with E-state index >= 15 is 0 Å². The quantitative estimate of drug-likeness (QED) is 0.688. The van der Waals surface area contributed by atoms with Crippen LogP contribution in [0.4, 0.5) is 0 Å². The molecule has 0 N–H and O–H groups in total. The highest BCUT2D eigenvalue weighted by atomic mass is 79.9. The van der Waals surface area contributed by atoms with Crippen LogP contribution in [-0.4, -0.2) is 43.3 Å². The zero-order valence-electron chi connectivity index (χ0n) is 12.6. The number of hydrogen-bond donors (Lipinski definition) is 0. The van der Waals surface area contributed by atoms with Crippen LogP contribution in [0.15, 0.2) is 22.7 Å². The molecule has 0 radical (unpaired) electrons. The zero-order valence-corrected chi connectivity index (χ0v) is 15.0. The normalized spacial score (nSPS) is 23.2. The minimum Gasteiger partial charge on any atom is -0.492 e. The lowest BCUT2D eigenvalue weighted by Crippen LogP contribution is -2.45. The summed E-state index contributed by atoms with van der Waals surface area (Å²) in [5, 5.41) is 0.653. The van der Waals surface area contributed by atoms with Crippen LogP contribution in [0.2, 0.25) is 5.02 Å². The lowest BCUT2D eigenvalue weighted by atomic mass is 10.2. The molecule has 1 aromatic carbocycles. The molecule has 0 spiro atoms. The van der Waals surface area contributed by atoms with E-state index in [1.807, 2.05) is 18.2 Å². The Bertz CT molecular complexity index is 448. The second kappa shape index (κ2) is 8.37. The first kappa shape index (κ1) is 17.1. The molecule has 1 fully saturated rings. The van der Waals surface area contributed by atoms with Crippen molar-refractivity contribution in [3.05, 3.63) is 27.7 Å². The van der Waals surface area contributed by atoms with Crippen LogP contribution in [0.25, 0.3) is 0 Å². The number of benzene rings is 1. The summed E-state index contributed by atoms with van der Waals surface area (Å²) in [6.45, 7) is 8.16. The van der Waals surface area contributed by atoms with Gasteiger partial charge in [0.15, 0.2) is 0 Å². The fraction of sp³-hybridized carbons (Fsp3) is 0.625. The fourth-order valence-corrected chi connectivity index (χ4v) is 3.41. The lowest BCUT2D eigenvalue weighted by Gasteiger charge is -2.35. The topological polar surface area (TPSA) is 21.7 Å². The summed E-state index contributed by atoms with van der Waals surface area (Å²) in [5.74, 6) is 0.758. The number of unbranched alkanes of at least 4 members (excludes halogenated alkanes) is 1. The SMILES string of the molecule is C[C@@H]1CN(CCCCOc2ccc(Br)cc2Cl)C[C@H](C)O1. The summed E-state index contributed by atoms with van der Waals surface area (Å²) in [7, 11) is 0. The van der Waals surface area contributed by atoms with Crippen molar-refractivity contribution >= 4 is 27.5 Å². The van der Waals surface area contributed by atoms with E-state index < -0.39 is 0 Å². The molecule has 1 aromatic rings. The van der Waals surface area contributed by atoms with Crippen LogP contribution in [0, 0.1) is 0 Å². The van der Waals surface area contributed by atoms with Crippen molar-refractivity contribution in [3.8, 4) is 5.75 Å². The maximum atomic E-state index is 6.12. The van der Waals surface area contributed by atoms with Gasteiger partial charge in [-0.05, 0) is 51.4 Å². The van der Waals surface area contributed by atoms with Crippen molar-refractivity contribution in [3.63, 3.8) is 0 Å². The Kier molecular flexibility index (Phi) is 6.80. The van der Waals surface area contributed by atoms with E-state index in [1.54, 1.807) is 0 Å². The molecule has 0 amide bonds. The third kappa shape index (κ3) is 5.78. The largest absolute Gasteiger partial charge is 0.492 e. The van der Waals surface area contributed by atoms with Crippen LogP contribution in [0.1, 0.15) is 26.7 Å². The van der Waals surface area contributed by atoms with Gasteiger partial charge in [0.05, 0.1) is 23.8 Å². The van der Waals surface area contributed by atoms with E-state index in [9.17, 15) is 0 Å². The Morgan fingerprint density at radius 3 is 2.67 bits per heavy atom. The molecule has 5 heteroatoms. The van der Waals surface area contributed by atoms with Gasteiger partial charge in [0.1, 0.15) is 5.75 Å². The monoisotopic (exact) mass is 375 g/mol. The number of morpholine rings is 1. The minimum atomic E-state index is 0.339. The highest BCUT2D eigenvalue weighted by Gasteiger charge is 2.21. The van der Waals surface area contributed by atoms with Gasteiger partial charge in [0.25, 0.3) is 0 Å². The average molecular weight is 377 g/mol. The maximum Gasteiger partial charge on any atom is 0.137 e. The van der Waals surface area contributed by atoms with E-state index in [0.717, 1.165) is 42.7 Å². The van der Waals surface area contributed by atoms with E-state index in [2.05, 4.69) is 34.7 Å². The summed E-state index contributed by atoms with van der Waals surface area (Å²) in [6, 6.07) is 5.70. The van der Waals surface area contributed by atoms with Gasteiger partial charge < -0.3 is 9.47 Å². The summed E-state index contributed by atoms with van der Waals surface area (Å²) in [6.07, 6.45) is 2.85. The minimum absolute atomic E-state index is 0.339. The van der Waals surface area contributed by atoms with Crippen LogP contribution in [0.5, 0.6) is 5.75 Å². The molecule has 1 heterocycles. The van der Waals surface area contributed by atoms with Gasteiger partial charge in [-0.1, -0.05) is 27.5 Å². The van der Waals surface area contributed by atoms with Crippen molar-refractivity contribution in [1.82, 2.24) is 4.90 Å². The number of halogens is 2. The highest BCUT2D eigenvalue weighted by Crippen LogP contribution is 2.27. The molecule has 21 heavy (non-hydrogen) atoms. The molecule has 118 valence electrons. The molecule has 0 unspecified atom stereocenters. The van der Waals surface area contributed by atoms with Crippen LogP contribution in [-0.2, 0) is 4.74 Å². The lowest BCUT2D eigenvalue weighted by molar-refractivity contribution is -0.0682. The molecule has 0 saturated carbocycles. The third-order valence-electron chi connectivity index (χ3n) is 3.52. The van der Waals surface area contributed by atoms with E-state index in [1.165, 1.54) is 0 Å². The second-order valence-electron chi connectivity index (χ2n) is 5.65. The van der Waals surface area contributed by atoms with Crippen molar-refractivity contribution in [2.75, 3.05) is 26.2 Å². The molecule has 2 rings (SSSR count). The van der Waals surface area contributed by atoms with Crippen molar-refractivity contribution < 1.29 is 9.47 Å². The molecule has 0 bridgehead atoms. The number of rotatable bonds is 6. The van der Waals surface area contributed by atoms with Crippen molar-refractivity contribution in [2.45, 2.75) is 38.9 Å². The molecule has 0 aliphatic carbocycles. The maximum absolute atomic E-state index is 6.12. The van der Waals surface area contributed by atoms with E-state index in [-0.39, 0.29) is 0 Å². The molecule has 1 saturated heterocycles. The fourth-order valence-electron chi connectivity index (χ4n) is 2.68. The zero-order chi connectivity index (χ0) is 15.2. The smallest absolute Gasteiger partial charge is 0.137 e. The standard InChI is InChI=1S/C16H23BrClNO2/c1-12-10-19(11-13(2)21-12)7-3-4-8-20-16-6-5-14(17)9-15(16)18/h5-6,9,12-13H,3-4,7-8,10-11H2,1-2H3/t12-,13+.